The third-order valence-corrected chi connectivity index (χ3v) is 5.11. The summed E-state index contributed by atoms with van der Waals surface area (Å²) in [4.78, 5) is 13.6. The lowest BCUT2D eigenvalue weighted by Gasteiger charge is -2.09. The molecule has 1 unspecified atom stereocenters. The van der Waals surface area contributed by atoms with Crippen LogP contribution in [0.2, 0.25) is 0 Å². The number of hydrogen-bond acceptors (Lipinski definition) is 2. The van der Waals surface area contributed by atoms with Gasteiger partial charge in [0.05, 0.1) is 5.92 Å². The van der Waals surface area contributed by atoms with E-state index in [-0.39, 0.29) is 5.92 Å². The van der Waals surface area contributed by atoms with Crippen LogP contribution in [0.4, 0.5) is 0 Å². The van der Waals surface area contributed by atoms with Crippen LogP contribution in [-0.2, 0) is 31.4 Å². The van der Waals surface area contributed by atoms with Crippen molar-refractivity contribution in [3.05, 3.63) is 34.5 Å². The average Bonchev–Trinajstić information content (AvgIpc) is 2.99. The number of aryl methyl sites for hydroxylation is 1. The Balaban J connectivity index is 2.10. The second-order valence-corrected chi connectivity index (χ2v) is 6.51. The fourth-order valence-electron chi connectivity index (χ4n) is 3.48. The van der Waals surface area contributed by atoms with Crippen LogP contribution in [-0.4, -0.2) is 27.1 Å². The van der Waals surface area contributed by atoms with Gasteiger partial charge in [-0.1, -0.05) is 13.8 Å². The van der Waals surface area contributed by atoms with E-state index in [2.05, 4.69) is 42.5 Å². The van der Waals surface area contributed by atoms with Gasteiger partial charge in [-0.3, -0.25) is 9.69 Å². The summed E-state index contributed by atoms with van der Waals surface area (Å²) in [7, 11) is 2.07. The van der Waals surface area contributed by atoms with E-state index in [1.54, 1.807) is 6.92 Å². The van der Waals surface area contributed by atoms with Gasteiger partial charge in [-0.2, -0.15) is 0 Å². The number of aliphatic carboxylic acids is 1. The van der Waals surface area contributed by atoms with Crippen LogP contribution in [0.1, 0.15) is 36.2 Å². The Morgan fingerprint density at radius 2 is 1.95 bits per heavy atom. The molecule has 0 spiro atoms. The van der Waals surface area contributed by atoms with Gasteiger partial charge < -0.3 is 9.67 Å². The fraction of sp³-hybridized carbons (Fsp3) is 0.500. The van der Waals surface area contributed by atoms with Gasteiger partial charge >= 0.3 is 5.97 Å². The Kier molecular flexibility index (Phi) is 3.73. The number of fused-ring (bicyclic) bond motifs is 2. The van der Waals surface area contributed by atoms with Crippen molar-refractivity contribution in [3.63, 3.8) is 0 Å². The topological polar surface area (TPSA) is 45.5 Å². The van der Waals surface area contributed by atoms with Gasteiger partial charge in [0.2, 0.25) is 0 Å². The van der Waals surface area contributed by atoms with Crippen molar-refractivity contribution < 1.29 is 9.90 Å². The molecule has 1 aromatic carbocycles. The van der Waals surface area contributed by atoms with E-state index < -0.39 is 5.97 Å². The number of rotatable bonds is 4. The highest BCUT2D eigenvalue weighted by atomic mass is 16.4. The van der Waals surface area contributed by atoms with Gasteiger partial charge in [0, 0.05) is 36.7 Å². The summed E-state index contributed by atoms with van der Waals surface area (Å²) in [6.45, 7) is 9.15. The Morgan fingerprint density at radius 3 is 2.55 bits per heavy atom. The number of benzene rings is 1. The summed E-state index contributed by atoms with van der Waals surface area (Å²) >= 11 is 0. The number of aromatic nitrogens is 1. The first-order chi connectivity index (χ1) is 10.4. The van der Waals surface area contributed by atoms with Crippen LogP contribution in [0.5, 0.6) is 0 Å². The first kappa shape index (κ1) is 15.1. The van der Waals surface area contributed by atoms with E-state index in [1.807, 2.05) is 0 Å². The van der Waals surface area contributed by atoms with Crippen LogP contribution in [0, 0.1) is 12.8 Å². The molecule has 0 fully saturated rings. The van der Waals surface area contributed by atoms with Crippen LogP contribution in [0.25, 0.3) is 10.9 Å². The summed E-state index contributed by atoms with van der Waals surface area (Å²) in [6.07, 6.45) is 0.592. The molecule has 22 heavy (non-hydrogen) atoms. The van der Waals surface area contributed by atoms with E-state index in [1.165, 1.54) is 33.3 Å². The predicted molar refractivity (Wildman–Crippen MR) is 87.9 cm³/mol. The van der Waals surface area contributed by atoms with Gasteiger partial charge in [-0.15, -0.1) is 0 Å². The van der Waals surface area contributed by atoms with Gasteiger partial charge in [-0.25, -0.2) is 0 Å². The summed E-state index contributed by atoms with van der Waals surface area (Å²) in [5.41, 5.74) is 6.39. The third kappa shape index (κ3) is 2.31. The molecule has 0 aliphatic carbocycles. The van der Waals surface area contributed by atoms with Crippen LogP contribution in [0.3, 0.4) is 0 Å². The minimum absolute atomic E-state index is 0.357. The predicted octanol–water partition coefficient (Wildman–Crippen LogP) is 3.09. The molecule has 4 nitrogen and oxygen atoms in total. The zero-order valence-corrected chi connectivity index (χ0v) is 13.8. The van der Waals surface area contributed by atoms with E-state index in [4.69, 9.17) is 0 Å². The number of carbonyl (C=O) groups is 1. The van der Waals surface area contributed by atoms with E-state index in [0.717, 1.165) is 19.6 Å². The summed E-state index contributed by atoms with van der Waals surface area (Å²) in [5, 5.41) is 10.4. The minimum Gasteiger partial charge on any atom is -0.481 e. The molecule has 2 aromatic rings. The highest BCUT2D eigenvalue weighted by Gasteiger charge is 2.23. The first-order valence-corrected chi connectivity index (χ1v) is 7.97. The SMILES string of the molecule is CCN1Cc2cc3c(CC(C)C(=O)O)c(C)n(C)c3cc2C1. The van der Waals surface area contributed by atoms with E-state index in [9.17, 15) is 9.90 Å². The highest BCUT2D eigenvalue weighted by molar-refractivity contribution is 5.88. The third-order valence-electron chi connectivity index (χ3n) is 5.11. The Bertz CT molecular complexity index is 745. The minimum atomic E-state index is -0.727. The summed E-state index contributed by atoms with van der Waals surface area (Å²) in [5.74, 6) is -1.08. The lowest BCUT2D eigenvalue weighted by atomic mass is 9.97. The molecular formula is C18H24N2O2. The maximum Gasteiger partial charge on any atom is 0.306 e. The largest absolute Gasteiger partial charge is 0.481 e. The molecule has 0 radical (unpaired) electrons. The molecule has 0 saturated heterocycles. The molecule has 4 heteroatoms. The smallest absolute Gasteiger partial charge is 0.306 e. The number of carboxylic acids is 1. The monoisotopic (exact) mass is 300 g/mol. The Morgan fingerprint density at radius 1 is 1.32 bits per heavy atom. The van der Waals surface area contributed by atoms with Crippen molar-refractivity contribution in [3.8, 4) is 0 Å². The van der Waals surface area contributed by atoms with Crippen molar-refractivity contribution in [2.45, 2.75) is 40.3 Å². The van der Waals surface area contributed by atoms with Crippen molar-refractivity contribution in [2.75, 3.05) is 6.54 Å². The van der Waals surface area contributed by atoms with Crippen LogP contribution < -0.4 is 0 Å². The van der Waals surface area contributed by atoms with Gasteiger partial charge in [0.25, 0.3) is 0 Å². The Labute approximate surface area is 131 Å². The Hall–Kier alpha value is -1.81. The molecule has 0 amide bonds. The average molecular weight is 300 g/mol. The normalized spacial score (nSPS) is 16.2. The number of nitrogens with zero attached hydrogens (tertiary/aromatic N) is 2. The van der Waals surface area contributed by atoms with Crippen LogP contribution >= 0.6 is 0 Å². The zero-order valence-electron chi connectivity index (χ0n) is 13.8. The molecule has 2 heterocycles. The standard InChI is InChI=1S/C18H24N2O2/c1-5-20-9-13-7-16-15(6-11(2)18(21)22)12(3)19(4)17(16)8-14(13)10-20/h7-8,11H,5-6,9-10H2,1-4H3,(H,21,22). The maximum absolute atomic E-state index is 11.2. The van der Waals surface area contributed by atoms with E-state index >= 15 is 0 Å². The molecule has 118 valence electrons. The number of hydrogen-bond donors (Lipinski definition) is 1. The van der Waals surface area contributed by atoms with Gasteiger partial charge in [0.1, 0.15) is 0 Å². The molecule has 1 aliphatic rings. The quantitative estimate of drug-likeness (QED) is 0.944. The molecule has 0 bridgehead atoms. The maximum atomic E-state index is 11.2. The van der Waals surface area contributed by atoms with Crippen LogP contribution in [0.15, 0.2) is 12.1 Å². The summed E-state index contributed by atoms with van der Waals surface area (Å²) < 4.78 is 2.20. The van der Waals surface area contributed by atoms with Crippen molar-refractivity contribution >= 4 is 16.9 Å². The highest BCUT2D eigenvalue weighted by Crippen LogP contribution is 2.33. The van der Waals surface area contributed by atoms with Crippen molar-refractivity contribution in [1.82, 2.24) is 9.47 Å². The number of carboxylic acid groups (broad SMARTS) is 1. The van der Waals surface area contributed by atoms with Gasteiger partial charge in [0.15, 0.2) is 0 Å². The fourth-order valence-corrected chi connectivity index (χ4v) is 3.48. The van der Waals surface area contributed by atoms with Crippen molar-refractivity contribution in [2.24, 2.45) is 13.0 Å². The lowest BCUT2D eigenvalue weighted by molar-refractivity contribution is -0.141. The lowest BCUT2D eigenvalue weighted by Crippen LogP contribution is -2.14. The molecular weight excluding hydrogens is 276 g/mol. The molecule has 1 aliphatic heterocycles. The van der Waals surface area contributed by atoms with Gasteiger partial charge in [-0.05, 0) is 48.7 Å². The summed E-state index contributed by atoms with van der Waals surface area (Å²) in [6, 6.07) is 4.58. The second kappa shape index (κ2) is 5.43. The first-order valence-electron chi connectivity index (χ1n) is 7.97. The molecule has 0 saturated carbocycles. The molecule has 1 atom stereocenters. The van der Waals surface area contributed by atoms with E-state index in [0.29, 0.717) is 6.42 Å². The van der Waals surface area contributed by atoms with Crippen molar-refractivity contribution in [1.29, 1.82) is 0 Å². The zero-order chi connectivity index (χ0) is 16.0. The second-order valence-electron chi connectivity index (χ2n) is 6.51. The molecule has 1 N–H and O–H groups in total. The molecule has 1 aromatic heterocycles. The molecule has 3 rings (SSSR count).